The number of piperidine rings is 1. The van der Waals surface area contributed by atoms with Crippen LogP contribution in [0.15, 0.2) is 30.5 Å². The van der Waals surface area contributed by atoms with Gasteiger partial charge in [0.1, 0.15) is 18.1 Å². The van der Waals surface area contributed by atoms with Crippen molar-refractivity contribution >= 4 is 40.8 Å². The number of carbonyl (C=O) groups excluding carboxylic acids is 4. The predicted octanol–water partition coefficient (Wildman–Crippen LogP) is 4.82. The lowest BCUT2D eigenvalue weighted by Gasteiger charge is -2.40. The van der Waals surface area contributed by atoms with Crippen molar-refractivity contribution in [1.29, 1.82) is 0 Å². The van der Waals surface area contributed by atoms with E-state index in [1.54, 1.807) is 29.2 Å². The number of carboxylic acids is 1. The molecule has 0 saturated carbocycles. The van der Waals surface area contributed by atoms with Crippen LogP contribution in [0.25, 0.3) is 10.9 Å². The number of amides is 4. The molecule has 1 aliphatic heterocycles. The third kappa shape index (κ3) is 9.46. The van der Waals surface area contributed by atoms with E-state index in [0.29, 0.717) is 34.6 Å². The fourth-order valence-corrected chi connectivity index (χ4v) is 6.10. The molecule has 4 N–H and O–H groups in total. The number of hydrogen-bond acceptors (Lipinski definition) is 6. The van der Waals surface area contributed by atoms with Crippen molar-refractivity contribution in [2.45, 2.75) is 123 Å². The van der Waals surface area contributed by atoms with Crippen LogP contribution in [0.2, 0.25) is 1.41 Å². The largest absolute Gasteiger partial charge is 0.480 e. The van der Waals surface area contributed by atoms with Gasteiger partial charge in [0, 0.05) is 30.1 Å². The van der Waals surface area contributed by atoms with Gasteiger partial charge in [-0.3, -0.25) is 14.2 Å². The van der Waals surface area contributed by atoms with Crippen LogP contribution in [0.3, 0.4) is 0 Å². The van der Waals surface area contributed by atoms with Gasteiger partial charge in [-0.1, -0.05) is 58.7 Å². The van der Waals surface area contributed by atoms with Crippen LogP contribution in [0.4, 0.5) is 9.59 Å². The summed E-state index contributed by atoms with van der Waals surface area (Å²) in [7, 11) is 1.24. The highest BCUT2D eigenvalue weighted by atomic mass is 16.5. The Bertz CT molecular complexity index is 1430. The van der Waals surface area contributed by atoms with Gasteiger partial charge in [-0.05, 0) is 63.0 Å². The molecule has 46 heavy (non-hydrogen) atoms. The van der Waals surface area contributed by atoms with Crippen molar-refractivity contribution in [2.24, 2.45) is 5.41 Å². The second-order valence-electron chi connectivity index (χ2n) is 13.5. The highest BCUT2D eigenvalue weighted by molar-refractivity contribution is 5.95. The lowest BCUT2D eigenvalue weighted by atomic mass is 9.87. The number of likely N-dealkylation sites (tertiary alicyclic amines) is 1. The lowest BCUT2D eigenvalue weighted by molar-refractivity contribution is -0.142. The molecular formula is C34H51N5O7. The monoisotopic (exact) mass is 642 g/mol. The molecule has 1 saturated heterocycles. The number of methoxy groups -OCH3 is 1. The van der Waals surface area contributed by atoms with E-state index in [9.17, 15) is 29.1 Å². The minimum atomic E-state index is -1.49. The molecule has 12 heteroatoms. The molecule has 5 atom stereocenters. The molecule has 1 aliphatic rings. The summed E-state index contributed by atoms with van der Waals surface area (Å²) in [4.78, 5) is 68.0. The van der Waals surface area contributed by atoms with Crippen molar-refractivity contribution < 1.29 is 35.2 Å². The van der Waals surface area contributed by atoms with Crippen LogP contribution >= 0.6 is 0 Å². The molecule has 1 aromatic heterocycles. The van der Waals surface area contributed by atoms with Gasteiger partial charge < -0.3 is 30.7 Å². The SMILES string of the molecule is [2H]N(C(=O)[C@H](CC(C)(C)C)NC(=O)N1[C@H](C)CCC[C@@H]1C)[C@H](Cc1cn(C(=O)OC)c2ccccc12)C(=O)N[C@@H](CCCC)C(=O)O. The standard InChI is InChI=1S/C34H51N5O7/c1-8-9-16-25(31(42)43)35-29(40)26(18-23-20-38(33(45)46-7)28-17-11-10-15-24(23)28)36-30(41)27(19-34(4,5)6)37-32(44)39-21(2)13-12-14-22(39)3/h10-11,15,17,20-22,25-27H,8-9,12-14,16,18-19H2,1-7H3,(H,35,40)(H,36,41)(H,37,44)(H,42,43)/t21-,22+,25-,26+,27-/m0/s1/i/hD. The summed E-state index contributed by atoms with van der Waals surface area (Å²) in [5, 5.41) is 16.4. The van der Waals surface area contributed by atoms with Gasteiger partial charge in [0.05, 0.1) is 12.6 Å². The number of unbranched alkanes of at least 4 members (excludes halogenated alkanes) is 1. The molecule has 0 bridgehead atoms. The molecule has 1 fully saturated rings. The summed E-state index contributed by atoms with van der Waals surface area (Å²) in [6.45, 7) is 11.6. The molecule has 0 radical (unpaired) electrons. The minimum absolute atomic E-state index is 0.0297. The van der Waals surface area contributed by atoms with Crippen molar-refractivity contribution in [2.75, 3.05) is 7.11 Å². The second-order valence-corrected chi connectivity index (χ2v) is 13.5. The molecule has 3 rings (SSSR count). The minimum Gasteiger partial charge on any atom is -0.480 e. The van der Waals surface area contributed by atoms with Crippen LogP contribution in [-0.4, -0.2) is 81.8 Å². The van der Waals surface area contributed by atoms with E-state index in [4.69, 9.17) is 6.15 Å². The Morgan fingerprint density at radius 1 is 1.02 bits per heavy atom. The van der Waals surface area contributed by atoms with Crippen LogP contribution in [0.5, 0.6) is 0 Å². The Morgan fingerprint density at radius 2 is 1.67 bits per heavy atom. The maximum atomic E-state index is 14.2. The molecule has 1 aromatic carbocycles. The molecule has 12 nitrogen and oxygen atoms in total. The number of urea groups is 1. The number of nitrogens with zero attached hydrogens (tertiary/aromatic N) is 2. The summed E-state index contributed by atoms with van der Waals surface area (Å²) in [6, 6.07) is 2.64. The number of aromatic nitrogens is 1. The van der Waals surface area contributed by atoms with Gasteiger partial charge in [-0.15, -0.1) is 0 Å². The fourth-order valence-electron chi connectivity index (χ4n) is 6.10. The van der Waals surface area contributed by atoms with Gasteiger partial charge in [0.15, 0.2) is 1.41 Å². The molecule has 0 unspecified atom stereocenters. The summed E-state index contributed by atoms with van der Waals surface area (Å²) < 4.78 is 15.3. The Labute approximate surface area is 273 Å². The maximum absolute atomic E-state index is 14.2. The van der Waals surface area contributed by atoms with Gasteiger partial charge >= 0.3 is 18.1 Å². The Hall–Kier alpha value is -4.09. The van der Waals surface area contributed by atoms with Gasteiger partial charge in [-0.2, -0.15) is 0 Å². The van der Waals surface area contributed by atoms with E-state index in [2.05, 4.69) is 10.6 Å². The van der Waals surface area contributed by atoms with E-state index in [0.717, 1.165) is 19.3 Å². The second kappa shape index (κ2) is 16.0. The first kappa shape index (κ1) is 34.8. The molecule has 0 spiro atoms. The number of ether oxygens (including phenoxy) is 1. The number of aliphatic carboxylic acids is 1. The Kier molecular flexibility index (Phi) is 12.1. The lowest BCUT2D eigenvalue weighted by Crippen LogP contribution is -2.60. The number of benzene rings is 1. The smallest absolute Gasteiger partial charge is 0.418 e. The average molecular weight is 643 g/mol. The summed E-state index contributed by atoms with van der Waals surface area (Å²) in [5.74, 6) is -2.85. The predicted molar refractivity (Wildman–Crippen MR) is 175 cm³/mol. The molecular weight excluding hydrogens is 590 g/mol. The summed E-state index contributed by atoms with van der Waals surface area (Å²) in [5.41, 5.74) is 0.544. The first-order valence-corrected chi connectivity index (χ1v) is 16.2. The third-order valence-electron chi connectivity index (χ3n) is 8.47. The number of hydrogen-bond donors (Lipinski definition) is 4. The first-order chi connectivity index (χ1) is 22.1. The maximum Gasteiger partial charge on any atom is 0.418 e. The van der Waals surface area contributed by atoms with E-state index >= 15 is 0 Å². The third-order valence-corrected chi connectivity index (χ3v) is 8.47. The topological polar surface area (TPSA) is 159 Å². The van der Waals surface area contributed by atoms with Crippen molar-refractivity contribution in [3.8, 4) is 0 Å². The summed E-state index contributed by atoms with van der Waals surface area (Å²) >= 11 is 0. The first-order valence-electron chi connectivity index (χ1n) is 16.7. The fraction of sp³-hybridized carbons (Fsp3) is 0.618. The van der Waals surface area contributed by atoms with E-state index in [1.165, 1.54) is 17.9 Å². The molecule has 0 aliphatic carbocycles. The van der Waals surface area contributed by atoms with E-state index < -0.39 is 53.4 Å². The van der Waals surface area contributed by atoms with Crippen LogP contribution in [0, 0.1) is 5.41 Å². The zero-order chi connectivity index (χ0) is 35.1. The van der Waals surface area contributed by atoms with E-state index in [-0.39, 0.29) is 31.3 Å². The molecule has 2 aromatic rings. The van der Waals surface area contributed by atoms with Gasteiger partial charge in [-0.25, -0.2) is 14.4 Å². The highest BCUT2D eigenvalue weighted by Crippen LogP contribution is 2.26. The zero-order valence-corrected chi connectivity index (χ0v) is 28.2. The van der Waals surface area contributed by atoms with Crippen molar-refractivity contribution in [3.63, 3.8) is 0 Å². The van der Waals surface area contributed by atoms with Crippen LogP contribution in [-0.2, 0) is 25.5 Å². The van der Waals surface area contributed by atoms with Crippen LogP contribution < -0.4 is 15.9 Å². The summed E-state index contributed by atoms with van der Waals surface area (Å²) in [6.07, 6.45) is 4.92. The number of fused-ring (bicyclic) bond motifs is 1. The van der Waals surface area contributed by atoms with Gasteiger partial charge in [0.2, 0.25) is 11.8 Å². The number of carbonyl (C=O) groups is 5. The van der Waals surface area contributed by atoms with Crippen molar-refractivity contribution in [1.82, 2.24) is 25.4 Å². The van der Waals surface area contributed by atoms with Gasteiger partial charge in [0.25, 0.3) is 0 Å². The number of para-hydroxylation sites is 1. The Morgan fingerprint density at radius 3 is 2.26 bits per heavy atom. The molecule has 4 amide bonds. The van der Waals surface area contributed by atoms with Crippen LogP contribution in [0.1, 0.15) is 92.1 Å². The highest BCUT2D eigenvalue weighted by Gasteiger charge is 2.35. The zero-order valence-electron chi connectivity index (χ0n) is 29.2. The quantitative estimate of drug-likeness (QED) is 0.258. The van der Waals surface area contributed by atoms with E-state index in [1.807, 2.05) is 41.5 Å². The number of nitrogens with one attached hydrogen (secondary N) is 3. The average Bonchev–Trinajstić information content (AvgIpc) is 3.37. The normalized spacial score (nSPS) is 19.0. The van der Waals surface area contributed by atoms with Crippen molar-refractivity contribution in [3.05, 3.63) is 36.0 Å². The number of rotatable bonds is 12. The Balaban J connectivity index is 2.03. The molecule has 2 heterocycles. The molecule has 254 valence electrons. The number of carboxylic acid groups (broad SMARTS) is 1.